The van der Waals surface area contributed by atoms with Crippen LogP contribution in [0.15, 0.2) is 72.6 Å². The van der Waals surface area contributed by atoms with Crippen molar-refractivity contribution in [3.63, 3.8) is 0 Å². The third kappa shape index (κ3) is 4.62. The normalized spacial score (nSPS) is 27.2. The van der Waals surface area contributed by atoms with E-state index in [1.807, 2.05) is 42.5 Å². The lowest BCUT2D eigenvalue weighted by Gasteiger charge is -2.39. The molecule has 2 heterocycles. The lowest BCUT2D eigenvalue weighted by atomic mass is 9.81. The van der Waals surface area contributed by atoms with E-state index in [0.717, 1.165) is 49.5 Å². The number of aliphatic hydroxyl groups excluding tert-OH is 1. The van der Waals surface area contributed by atoms with E-state index in [9.17, 15) is 13.9 Å². The monoisotopic (exact) mass is 466 g/mol. The van der Waals surface area contributed by atoms with Crippen LogP contribution in [0.25, 0.3) is 0 Å². The van der Waals surface area contributed by atoms with Crippen LogP contribution in [0.5, 0.6) is 5.75 Å². The lowest BCUT2D eigenvalue weighted by Crippen LogP contribution is -2.47. The summed E-state index contributed by atoms with van der Waals surface area (Å²) in [4.78, 5) is 4.83. The number of hydrogen-bond acceptors (Lipinski definition) is 4. The van der Waals surface area contributed by atoms with Gasteiger partial charge in [0.25, 0.3) is 0 Å². The van der Waals surface area contributed by atoms with Gasteiger partial charge in [0.2, 0.25) is 0 Å². The van der Waals surface area contributed by atoms with E-state index in [1.165, 1.54) is 12.1 Å². The number of methoxy groups -OCH3 is 1. The van der Waals surface area contributed by atoms with E-state index in [-0.39, 0.29) is 23.6 Å². The first-order chi connectivity index (χ1) is 16.5. The molecule has 2 aliphatic heterocycles. The van der Waals surface area contributed by atoms with Crippen LogP contribution in [0.2, 0.25) is 0 Å². The second kappa shape index (κ2) is 9.88. The molecule has 2 saturated heterocycles. The number of halogens is 2. The number of likely N-dealkylation sites (tertiary alicyclic amines) is 1. The van der Waals surface area contributed by atoms with Gasteiger partial charge < -0.3 is 19.6 Å². The molecule has 6 heteroatoms. The molecule has 5 atom stereocenters. The van der Waals surface area contributed by atoms with Gasteiger partial charge in [-0.3, -0.25) is 0 Å². The molecule has 5 rings (SSSR count). The Balaban J connectivity index is 1.23. The van der Waals surface area contributed by atoms with Crippen molar-refractivity contribution in [3.05, 3.63) is 84.0 Å². The van der Waals surface area contributed by atoms with Crippen molar-refractivity contribution in [3.8, 4) is 5.75 Å². The molecule has 0 amide bonds. The fourth-order valence-electron chi connectivity index (χ4n) is 5.98. The largest absolute Gasteiger partial charge is 0.497 e. The van der Waals surface area contributed by atoms with Crippen LogP contribution in [0, 0.1) is 17.7 Å². The van der Waals surface area contributed by atoms with Crippen molar-refractivity contribution >= 4 is 5.69 Å². The molecular weight excluding hydrogens is 434 g/mol. The molecule has 3 unspecified atom stereocenters. The Morgan fingerprint density at radius 3 is 2.59 bits per heavy atom. The van der Waals surface area contributed by atoms with Gasteiger partial charge in [-0.15, -0.1) is 0 Å². The zero-order valence-electron chi connectivity index (χ0n) is 19.5. The molecule has 3 aliphatic rings. The molecule has 0 bridgehead atoms. The standard InChI is InChI=1S/C28H32F2N2O2/c1-34-23-11-4-19(5-12-23)28(33)3-2-15-31-16-14-27-25(18-31)24-17-21(30)8-13-26(24)32(27)22-9-6-20(29)7-10-22/h4-13,17,24-28,33H,2-3,14-16,18H2,1H3/t24?,25-,26?,27+,28?/m0/s1. The Morgan fingerprint density at radius 2 is 1.85 bits per heavy atom. The molecule has 0 spiro atoms. The van der Waals surface area contributed by atoms with Crippen molar-refractivity contribution < 1.29 is 18.6 Å². The zero-order valence-corrected chi connectivity index (χ0v) is 19.5. The summed E-state index contributed by atoms with van der Waals surface area (Å²) in [6, 6.07) is 14.6. The number of piperidine rings is 1. The highest BCUT2D eigenvalue weighted by atomic mass is 19.1. The minimum atomic E-state index is -0.492. The first-order valence-electron chi connectivity index (χ1n) is 12.2. The minimum absolute atomic E-state index is 0.0943. The quantitative estimate of drug-likeness (QED) is 0.603. The van der Waals surface area contributed by atoms with Gasteiger partial charge in [0, 0.05) is 36.7 Å². The smallest absolute Gasteiger partial charge is 0.123 e. The number of allylic oxidation sites excluding steroid dienone is 2. The summed E-state index contributed by atoms with van der Waals surface area (Å²) in [5, 5.41) is 10.6. The van der Waals surface area contributed by atoms with Crippen LogP contribution in [0.4, 0.5) is 14.5 Å². The van der Waals surface area contributed by atoms with Crippen LogP contribution in [0.3, 0.4) is 0 Å². The van der Waals surface area contributed by atoms with E-state index in [4.69, 9.17) is 4.74 Å². The Bertz CT molecular complexity index is 1040. The number of rotatable bonds is 7. The maximum absolute atomic E-state index is 14.2. The van der Waals surface area contributed by atoms with Crippen molar-refractivity contribution in [2.45, 2.75) is 37.5 Å². The van der Waals surface area contributed by atoms with Gasteiger partial charge in [-0.2, -0.15) is 0 Å². The maximum Gasteiger partial charge on any atom is 0.123 e. The van der Waals surface area contributed by atoms with E-state index in [0.29, 0.717) is 18.4 Å². The van der Waals surface area contributed by atoms with E-state index in [1.54, 1.807) is 19.3 Å². The number of anilines is 1. The average molecular weight is 467 g/mol. The maximum atomic E-state index is 14.2. The Hall–Kier alpha value is -2.70. The summed E-state index contributed by atoms with van der Waals surface area (Å²) in [6.45, 7) is 2.78. The summed E-state index contributed by atoms with van der Waals surface area (Å²) < 4.78 is 32.9. The Morgan fingerprint density at radius 1 is 1.09 bits per heavy atom. The molecule has 1 N–H and O–H groups in total. The second-order valence-corrected chi connectivity index (χ2v) is 9.61. The van der Waals surface area contributed by atoms with Crippen LogP contribution in [0.1, 0.15) is 30.9 Å². The lowest BCUT2D eigenvalue weighted by molar-refractivity contribution is 0.130. The topological polar surface area (TPSA) is 35.9 Å². The third-order valence-electron chi connectivity index (χ3n) is 7.65. The van der Waals surface area contributed by atoms with Crippen molar-refractivity contribution in [1.82, 2.24) is 4.90 Å². The number of ether oxygens (including phenoxy) is 1. The molecule has 2 aromatic rings. The number of aliphatic hydroxyl groups is 1. The predicted molar refractivity (Wildman–Crippen MR) is 130 cm³/mol. The summed E-state index contributed by atoms with van der Waals surface area (Å²) in [7, 11) is 1.63. The molecule has 34 heavy (non-hydrogen) atoms. The SMILES string of the molecule is COc1ccc(C(O)CCCN2CC[C@@H]3[C@@H](C2)C2C=C(F)C=CC2N3c2ccc(F)cc2)cc1. The molecule has 2 fully saturated rings. The fraction of sp³-hybridized carbons (Fsp3) is 0.429. The van der Waals surface area contributed by atoms with Gasteiger partial charge in [0.1, 0.15) is 17.4 Å². The van der Waals surface area contributed by atoms with Crippen molar-refractivity contribution in [2.24, 2.45) is 11.8 Å². The van der Waals surface area contributed by atoms with Gasteiger partial charge >= 0.3 is 0 Å². The van der Waals surface area contributed by atoms with Gasteiger partial charge in [-0.1, -0.05) is 18.2 Å². The average Bonchev–Trinajstić information content (AvgIpc) is 3.17. The van der Waals surface area contributed by atoms with Gasteiger partial charge in [0.15, 0.2) is 0 Å². The van der Waals surface area contributed by atoms with E-state index in [2.05, 4.69) is 9.80 Å². The van der Waals surface area contributed by atoms with Crippen molar-refractivity contribution in [1.29, 1.82) is 0 Å². The molecule has 180 valence electrons. The number of hydrogen-bond donors (Lipinski definition) is 1. The highest BCUT2D eigenvalue weighted by Crippen LogP contribution is 2.46. The summed E-state index contributed by atoms with van der Waals surface area (Å²) >= 11 is 0. The number of fused-ring (bicyclic) bond motifs is 3. The molecule has 0 saturated carbocycles. The van der Waals surface area contributed by atoms with E-state index < -0.39 is 6.10 Å². The fourth-order valence-corrected chi connectivity index (χ4v) is 5.98. The molecule has 0 radical (unpaired) electrons. The van der Waals surface area contributed by atoms with Crippen molar-refractivity contribution in [2.75, 3.05) is 31.6 Å². The molecular formula is C28H32F2N2O2. The Labute approximate surface area is 200 Å². The minimum Gasteiger partial charge on any atom is -0.497 e. The summed E-state index contributed by atoms with van der Waals surface area (Å²) in [6.07, 6.45) is 7.40. The summed E-state index contributed by atoms with van der Waals surface area (Å²) in [5.41, 5.74) is 1.91. The van der Waals surface area contributed by atoms with Gasteiger partial charge in [0.05, 0.1) is 19.3 Å². The van der Waals surface area contributed by atoms with Crippen LogP contribution in [-0.4, -0.2) is 48.8 Å². The van der Waals surface area contributed by atoms with E-state index >= 15 is 0 Å². The Kier molecular flexibility index (Phi) is 6.70. The van der Waals surface area contributed by atoms with Crippen LogP contribution in [-0.2, 0) is 0 Å². The summed E-state index contributed by atoms with van der Waals surface area (Å²) in [5.74, 6) is 0.790. The molecule has 2 aromatic carbocycles. The third-order valence-corrected chi connectivity index (χ3v) is 7.65. The van der Waals surface area contributed by atoms with Crippen LogP contribution >= 0.6 is 0 Å². The molecule has 0 aromatic heterocycles. The van der Waals surface area contributed by atoms with Crippen LogP contribution < -0.4 is 9.64 Å². The number of nitrogens with zero attached hydrogens (tertiary/aromatic N) is 2. The molecule has 4 nitrogen and oxygen atoms in total. The second-order valence-electron chi connectivity index (χ2n) is 9.61. The molecule has 1 aliphatic carbocycles. The zero-order chi connectivity index (χ0) is 23.7. The highest BCUT2D eigenvalue weighted by molar-refractivity contribution is 5.54. The first kappa shape index (κ1) is 23.1. The number of benzene rings is 2. The van der Waals surface area contributed by atoms with Gasteiger partial charge in [-0.25, -0.2) is 8.78 Å². The first-order valence-corrected chi connectivity index (χ1v) is 12.2. The van der Waals surface area contributed by atoms with Gasteiger partial charge in [-0.05, 0) is 79.9 Å². The predicted octanol–water partition coefficient (Wildman–Crippen LogP) is 5.27. The highest BCUT2D eigenvalue weighted by Gasteiger charge is 2.49.